The largest absolute Gasteiger partial charge is 0.444 e. The number of carbonyl (C=O) groups is 1. The van der Waals surface area contributed by atoms with Gasteiger partial charge in [-0.3, -0.25) is 0 Å². The standard InChI is InChI=1S/C15H26N4O2S/c1-14(2,3)11-17-18-12(22-11)19-8-7-10(9-19)16-13(20)21-15(4,5)6/h10H,7-9H2,1-6H3,(H,16,20)/t10-/m1/s1. The van der Waals surface area contributed by atoms with Gasteiger partial charge in [-0.15, -0.1) is 10.2 Å². The average molecular weight is 326 g/mol. The maximum absolute atomic E-state index is 11.8. The third kappa shape index (κ3) is 4.56. The second-order valence-corrected chi connectivity index (χ2v) is 8.67. The normalized spacial score (nSPS) is 19.4. The van der Waals surface area contributed by atoms with Crippen molar-refractivity contribution in [2.45, 2.75) is 65.0 Å². The van der Waals surface area contributed by atoms with Gasteiger partial charge in [0, 0.05) is 18.5 Å². The molecule has 2 rings (SSSR count). The molecular formula is C15H26N4O2S. The first kappa shape index (κ1) is 17.0. The third-order valence-corrected chi connectivity index (χ3v) is 4.65. The molecule has 1 fully saturated rings. The summed E-state index contributed by atoms with van der Waals surface area (Å²) in [4.78, 5) is 14.0. The zero-order valence-corrected chi connectivity index (χ0v) is 15.1. The van der Waals surface area contributed by atoms with Gasteiger partial charge in [0.2, 0.25) is 5.13 Å². The molecule has 1 aliphatic heterocycles. The number of nitrogens with zero attached hydrogens (tertiary/aromatic N) is 3. The van der Waals surface area contributed by atoms with Crippen LogP contribution in [-0.2, 0) is 10.2 Å². The molecule has 22 heavy (non-hydrogen) atoms. The van der Waals surface area contributed by atoms with E-state index in [-0.39, 0.29) is 17.6 Å². The highest BCUT2D eigenvalue weighted by atomic mass is 32.1. The SMILES string of the molecule is CC(C)(C)OC(=O)N[C@@H]1CCN(c2nnc(C(C)(C)C)s2)C1. The number of hydrogen-bond donors (Lipinski definition) is 1. The van der Waals surface area contributed by atoms with Crippen LogP contribution in [-0.4, -0.2) is 41.0 Å². The number of alkyl carbamates (subject to hydrolysis) is 1. The first-order chi connectivity index (χ1) is 10.0. The highest BCUT2D eigenvalue weighted by molar-refractivity contribution is 7.15. The molecule has 7 heteroatoms. The van der Waals surface area contributed by atoms with Gasteiger partial charge in [0.05, 0.1) is 6.04 Å². The number of nitrogens with one attached hydrogen (secondary N) is 1. The minimum Gasteiger partial charge on any atom is -0.444 e. The van der Waals surface area contributed by atoms with Crippen LogP contribution >= 0.6 is 11.3 Å². The van der Waals surface area contributed by atoms with Crippen molar-refractivity contribution in [3.05, 3.63) is 5.01 Å². The number of anilines is 1. The Bertz CT molecular complexity index is 530. The minimum atomic E-state index is -0.469. The Labute approximate surface area is 136 Å². The summed E-state index contributed by atoms with van der Waals surface area (Å²) in [6, 6.07) is 0.0943. The van der Waals surface area contributed by atoms with Gasteiger partial charge < -0.3 is 15.0 Å². The molecule has 1 amide bonds. The monoisotopic (exact) mass is 326 g/mol. The molecule has 0 aromatic carbocycles. The van der Waals surface area contributed by atoms with Crippen LogP contribution in [0.25, 0.3) is 0 Å². The molecule has 124 valence electrons. The molecule has 1 atom stereocenters. The second kappa shape index (κ2) is 6.02. The maximum Gasteiger partial charge on any atom is 0.407 e. The summed E-state index contributed by atoms with van der Waals surface area (Å²) in [6.07, 6.45) is 0.538. The molecule has 0 spiro atoms. The van der Waals surface area contributed by atoms with Crippen LogP contribution < -0.4 is 10.2 Å². The van der Waals surface area contributed by atoms with E-state index in [1.807, 2.05) is 20.8 Å². The molecule has 0 bridgehead atoms. The summed E-state index contributed by atoms with van der Waals surface area (Å²) >= 11 is 1.63. The van der Waals surface area contributed by atoms with Crippen molar-refractivity contribution in [3.8, 4) is 0 Å². The van der Waals surface area contributed by atoms with Gasteiger partial charge in [-0.2, -0.15) is 0 Å². The summed E-state index contributed by atoms with van der Waals surface area (Å²) < 4.78 is 5.30. The number of amides is 1. The van der Waals surface area contributed by atoms with Gasteiger partial charge in [-0.1, -0.05) is 32.1 Å². The molecule has 1 aliphatic rings. The summed E-state index contributed by atoms with van der Waals surface area (Å²) in [6.45, 7) is 13.6. The Morgan fingerprint density at radius 2 is 1.95 bits per heavy atom. The highest BCUT2D eigenvalue weighted by Gasteiger charge is 2.29. The van der Waals surface area contributed by atoms with E-state index in [1.54, 1.807) is 11.3 Å². The molecule has 0 unspecified atom stereocenters. The lowest BCUT2D eigenvalue weighted by Crippen LogP contribution is -2.40. The fourth-order valence-corrected chi connectivity index (χ4v) is 3.11. The topological polar surface area (TPSA) is 67.3 Å². The molecule has 0 aliphatic carbocycles. The van der Waals surface area contributed by atoms with Gasteiger partial charge in [-0.25, -0.2) is 4.79 Å². The van der Waals surface area contributed by atoms with Crippen LogP contribution in [0.5, 0.6) is 0 Å². The number of carbonyl (C=O) groups excluding carboxylic acids is 1. The minimum absolute atomic E-state index is 0.0177. The fourth-order valence-electron chi connectivity index (χ4n) is 2.17. The number of ether oxygens (including phenoxy) is 1. The van der Waals surface area contributed by atoms with Crippen LogP contribution in [0.3, 0.4) is 0 Å². The molecule has 1 saturated heterocycles. The third-order valence-electron chi connectivity index (χ3n) is 3.24. The van der Waals surface area contributed by atoms with Crippen LogP contribution in [0.1, 0.15) is 53.0 Å². The van der Waals surface area contributed by atoms with E-state index < -0.39 is 5.60 Å². The Hall–Kier alpha value is -1.37. The maximum atomic E-state index is 11.8. The number of hydrogen-bond acceptors (Lipinski definition) is 6. The first-order valence-corrected chi connectivity index (χ1v) is 8.45. The van der Waals surface area contributed by atoms with Crippen molar-refractivity contribution in [1.82, 2.24) is 15.5 Å². The van der Waals surface area contributed by atoms with E-state index in [4.69, 9.17) is 4.74 Å². The fraction of sp³-hybridized carbons (Fsp3) is 0.800. The van der Waals surface area contributed by atoms with Gasteiger partial charge in [0.25, 0.3) is 0 Å². The van der Waals surface area contributed by atoms with E-state index in [9.17, 15) is 4.79 Å². The van der Waals surface area contributed by atoms with E-state index in [0.717, 1.165) is 29.6 Å². The molecule has 1 aromatic rings. The van der Waals surface area contributed by atoms with E-state index in [2.05, 4.69) is 41.2 Å². The zero-order chi connectivity index (χ0) is 16.5. The summed E-state index contributed by atoms with van der Waals surface area (Å²) in [5, 5.41) is 13.5. The van der Waals surface area contributed by atoms with Crippen molar-refractivity contribution in [3.63, 3.8) is 0 Å². The van der Waals surface area contributed by atoms with Crippen molar-refractivity contribution < 1.29 is 9.53 Å². The predicted molar refractivity (Wildman–Crippen MR) is 88.6 cm³/mol. The lowest BCUT2D eigenvalue weighted by Gasteiger charge is -2.21. The molecule has 0 saturated carbocycles. The van der Waals surface area contributed by atoms with Gasteiger partial charge >= 0.3 is 6.09 Å². The van der Waals surface area contributed by atoms with E-state index in [1.165, 1.54) is 0 Å². The molecule has 1 N–H and O–H groups in total. The Kier molecular flexibility index (Phi) is 4.65. The Balaban J connectivity index is 1.90. The number of rotatable bonds is 2. The zero-order valence-electron chi connectivity index (χ0n) is 14.3. The van der Waals surface area contributed by atoms with Gasteiger partial charge in [0.15, 0.2) is 0 Å². The average Bonchev–Trinajstić information content (AvgIpc) is 2.91. The molecule has 6 nitrogen and oxygen atoms in total. The van der Waals surface area contributed by atoms with Crippen LogP contribution in [0.4, 0.5) is 9.93 Å². The quantitative estimate of drug-likeness (QED) is 0.905. The molecule has 1 aromatic heterocycles. The van der Waals surface area contributed by atoms with Crippen molar-refractivity contribution >= 4 is 22.6 Å². The molecule has 2 heterocycles. The van der Waals surface area contributed by atoms with E-state index >= 15 is 0 Å². The predicted octanol–water partition coefficient (Wildman–Crippen LogP) is 2.94. The first-order valence-electron chi connectivity index (χ1n) is 7.63. The van der Waals surface area contributed by atoms with Crippen LogP contribution in [0.2, 0.25) is 0 Å². The van der Waals surface area contributed by atoms with Crippen molar-refractivity contribution in [2.75, 3.05) is 18.0 Å². The Morgan fingerprint density at radius 3 is 2.50 bits per heavy atom. The van der Waals surface area contributed by atoms with E-state index in [0.29, 0.717) is 0 Å². The summed E-state index contributed by atoms with van der Waals surface area (Å²) in [7, 11) is 0. The highest BCUT2D eigenvalue weighted by Crippen LogP contribution is 2.31. The lowest BCUT2D eigenvalue weighted by atomic mass is 9.98. The van der Waals surface area contributed by atoms with Crippen molar-refractivity contribution in [1.29, 1.82) is 0 Å². The van der Waals surface area contributed by atoms with Gasteiger partial charge in [-0.05, 0) is 27.2 Å². The number of aromatic nitrogens is 2. The second-order valence-electron chi connectivity index (χ2n) is 7.72. The Morgan fingerprint density at radius 1 is 1.27 bits per heavy atom. The summed E-state index contributed by atoms with van der Waals surface area (Å²) in [5.74, 6) is 0. The summed E-state index contributed by atoms with van der Waals surface area (Å²) in [5.41, 5.74) is -0.451. The van der Waals surface area contributed by atoms with Crippen LogP contribution in [0, 0.1) is 0 Å². The molecular weight excluding hydrogens is 300 g/mol. The van der Waals surface area contributed by atoms with Gasteiger partial charge in [0.1, 0.15) is 10.6 Å². The van der Waals surface area contributed by atoms with Crippen molar-refractivity contribution in [2.24, 2.45) is 0 Å². The molecule has 0 radical (unpaired) electrons. The van der Waals surface area contributed by atoms with Crippen LogP contribution in [0.15, 0.2) is 0 Å². The smallest absolute Gasteiger partial charge is 0.407 e. The lowest BCUT2D eigenvalue weighted by molar-refractivity contribution is 0.0509.